The smallest absolute Gasteiger partial charge is 0.417 e. The third kappa shape index (κ3) is 5.43. The quantitative estimate of drug-likeness (QED) is 0.532. The van der Waals surface area contributed by atoms with Gasteiger partial charge >= 0.3 is 12.1 Å². The van der Waals surface area contributed by atoms with Gasteiger partial charge in [0.15, 0.2) is 0 Å². The number of hydrogen-bond donors (Lipinski definition) is 2. The Kier molecular flexibility index (Phi) is 6.35. The summed E-state index contributed by atoms with van der Waals surface area (Å²) in [5.41, 5.74) is 0.584. The molecule has 9 heteroatoms. The average Bonchev–Trinajstić information content (AvgIpc) is 2.72. The van der Waals surface area contributed by atoms with Crippen LogP contribution in [0, 0.1) is 0 Å². The number of rotatable bonds is 7. The Morgan fingerprint density at radius 3 is 2.13 bits per heavy atom. The van der Waals surface area contributed by atoms with E-state index in [4.69, 9.17) is 0 Å². The lowest BCUT2D eigenvalue weighted by molar-refractivity contribution is -0.139. The minimum atomic E-state index is -4.80. The zero-order chi connectivity index (χ0) is 22.6. The molecule has 0 spiro atoms. The molecule has 162 valence electrons. The summed E-state index contributed by atoms with van der Waals surface area (Å²) >= 11 is 0. The molecule has 31 heavy (non-hydrogen) atoms. The van der Waals surface area contributed by atoms with Gasteiger partial charge in [0.05, 0.1) is 16.0 Å². The van der Waals surface area contributed by atoms with Crippen LogP contribution < -0.4 is 4.72 Å². The Balaban J connectivity index is 1.74. The second-order valence-electron chi connectivity index (χ2n) is 6.76. The summed E-state index contributed by atoms with van der Waals surface area (Å²) < 4.78 is 66.6. The minimum absolute atomic E-state index is 0.117. The van der Waals surface area contributed by atoms with Crippen molar-refractivity contribution in [2.45, 2.75) is 23.9 Å². The fourth-order valence-corrected chi connectivity index (χ4v) is 4.40. The number of alkyl halides is 3. The van der Waals surface area contributed by atoms with Crippen molar-refractivity contribution in [1.29, 1.82) is 0 Å². The number of carboxylic acid groups (broad SMARTS) is 1. The SMILES string of the molecule is O=C(O)c1ccccc1CCc1ccc(NS(=O)(=O)c2ccccc2C(F)(F)F)cc1. The van der Waals surface area contributed by atoms with Gasteiger partial charge in [-0.25, -0.2) is 13.2 Å². The summed E-state index contributed by atoms with van der Waals surface area (Å²) in [4.78, 5) is 10.4. The molecule has 0 saturated heterocycles. The average molecular weight is 449 g/mol. The van der Waals surface area contributed by atoms with E-state index in [-0.39, 0.29) is 11.3 Å². The second kappa shape index (κ2) is 8.81. The standard InChI is InChI=1S/C22H18F3NO4S/c23-22(24,25)19-7-3-4-8-20(19)31(29,30)26-17-13-10-15(11-14-17)9-12-16-5-1-2-6-18(16)21(27)28/h1-8,10-11,13-14,26H,9,12H2,(H,27,28). The number of aryl methyl sites for hydroxylation is 2. The van der Waals surface area contributed by atoms with E-state index in [0.29, 0.717) is 24.5 Å². The minimum Gasteiger partial charge on any atom is -0.478 e. The summed E-state index contributed by atoms with van der Waals surface area (Å²) in [7, 11) is -4.45. The van der Waals surface area contributed by atoms with Gasteiger partial charge in [-0.3, -0.25) is 4.72 Å². The van der Waals surface area contributed by atoms with E-state index < -0.39 is 32.6 Å². The molecule has 0 heterocycles. The number of halogens is 3. The van der Waals surface area contributed by atoms with E-state index in [2.05, 4.69) is 4.72 Å². The van der Waals surface area contributed by atoms with Gasteiger partial charge in [-0.05, 0) is 54.3 Å². The van der Waals surface area contributed by atoms with Crippen molar-refractivity contribution >= 4 is 21.7 Å². The van der Waals surface area contributed by atoms with Crippen LogP contribution in [-0.4, -0.2) is 19.5 Å². The van der Waals surface area contributed by atoms with E-state index in [1.807, 2.05) is 0 Å². The fourth-order valence-electron chi connectivity index (χ4n) is 3.11. The van der Waals surface area contributed by atoms with Crippen molar-refractivity contribution in [3.63, 3.8) is 0 Å². The molecule has 0 aromatic heterocycles. The molecule has 0 aliphatic rings. The molecule has 3 rings (SSSR count). The lowest BCUT2D eigenvalue weighted by Gasteiger charge is -2.14. The Labute approximate surface area is 177 Å². The van der Waals surface area contributed by atoms with E-state index >= 15 is 0 Å². The molecule has 3 aromatic carbocycles. The molecule has 2 N–H and O–H groups in total. The van der Waals surface area contributed by atoms with E-state index in [1.54, 1.807) is 30.3 Å². The number of sulfonamides is 1. The Morgan fingerprint density at radius 2 is 1.48 bits per heavy atom. The highest BCUT2D eigenvalue weighted by Gasteiger charge is 2.36. The lowest BCUT2D eigenvalue weighted by Crippen LogP contribution is -2.18. The summed E-state index contributed by atoms with van der Waals surface area (Å²) in [6.45, 7) is 0. The van der Waals surface area contributed by atoms with Crippen LogP contribution in [0.3, 0.4) is 0 Å². The van der Waals surface area contributed by atoms with Gasteiger partial charge in [0.2, 0.25) is 0 Å². The fraction of sp³-hybridized carbons (Fsp3) is 0.136. The van der Waals surface area contributed by atoms with Crippen LogP contribution in [0.2, 0.25) is 0 Å². The maximum atomic E-state index is 13.1. The molecule has 0 aliphatic carbocycles. The predicted molar refractivity (Wildman–Crippen MR) is 110 cm³/mol. The van der Waals surface area contributed by atoms with Crippen molar-refractivity contribution in [3.05, 3.63) is 95.1 Å². The molecular weight excluding hydrogens is 431 g/mol. The second-order valence-corrected chi connectivity index (χ2v) is 8.41. The summed E-state index contributed by atoms with van der Waals surface area (Å²) in [5, 5.41) is 9.24. The zero-order valence-electron chi connectivity index (χ0n) is 16.1. The Hall–Kier alpha value is -3.33. The molecular formula is C22H18F3NO4S. The molecule has 0 aliphatic heterocycles. The molecule has 3 aromatic rings. The van der Waals surface area contributed by atoms with Crippen LogP contribution in [0.4, 0.5) is 18.9 Å². The van der Waals surface area contributed by atoms with Gasteiger partial charge in [-0.2, -0.15) is 13.2 Å². The Morgan fingerprint density at radius 1 is 0.871 bits per heavy atom. The van der Waals surface area contributed by atoms with Gasteiger partial charge in [0.25, 0.3) is 10.0 Å². The maximum absolute atomic E-state index is 13.1. The topological polar surface area (TPSA) is 83.5 Å². The number of aromatic carboxylic acids is 1. The lowest BCUT2D eigenvalue weighted by atomic mass is 10.00. The zero-order valence-corrected chi connectivity index (χ0v) is 16.9. The van der Waals surface area contributed by atoms with E-state index in [9.17, 15) is 31.5 Å². The number of hydrogen-bond acceptors (Lipinski definition) is 3. The largest absolute Gasteiger partial charge is 0.478 e. The van der Waals surface area contributed by atoms with Gasteiger partial charge in [0, 0.05) is 5.69 Å². The third-order valence-corrected chi connectivity index (χ3v) is 6.06. The van der Waals surface area contributed by atoms with E-state index in [0.717, 1.165) is 17.7 Å². The highest BCUT2D eigenvalue weighted by atomic mass is 32.2. The maximum Gasteiger partial charge on any atom is 0.417 e. The first-order valence-electron chi connectivity index (χ1n) is 9.17. The van der Waals surface area contributed by atoms with Gasteiger partial charge < -0.3 is 5.11 Å². The van der Waals surface area contributed by atoms with Crippen molar-refractivity contribution in [1.82, 2.24) is 0 Å². The highest BCUT2D eigenvalue weighted by Crippen LogP contribution is 2.34. The van der Waals surface area contributed by atoms with Gasteiger partial charge in [-0.1, -0.05) is 42.5 Å². The normalized spacial score (nSPS) is 11.8. The van der Waals surface area contributed by atoms with Crippen LogP contribution >= 0.6 is 0 Å². The number of nitrogens with one attached hydrogen (secondary N) is 1. The van der Waals surface area contributed by atoms with Gasteiger partial charge in [0.1, 0.15) is 0 Å². The molecule has 0 bridgehead atoms. The van der Waals surface area contributed by atoms with Crippen LogP contribution in [0.5, 0.6) is 0 Å². The first-order chi connectivity index (χ1) is 14.6. The number of carbonyl (C=O) groups is 1. The number of carboxylic acids is 1. The third-order valence-electron chi connectivity index (χ3n) is 4.62. The van der Waals surface area contributed by atoms with Crippen LogP contribution in [0.15, 0.2) is 77.7 Å². The summed E-state index contributed by atoms with van der Waals surface area (Å²) in [5.74, 6) is -1.01. The van der Waals surface area contributed by atoms with Crippen LogP contribution in [0.1, 0.15) is 27.0 Å². The highest BCUT2D eigenvalue weighted by molar-refractivity contribution is 7.92. The summed E-state index contributed by atoms with van der Waals surface area (Å²) in [6.07, 6.45) is -3.83. The first-order valence-corrected chi connectivity index (χ1v) is 10.7. The predicted octanol–water partition coefficient (Wildman–Crippen LogP) is 4.99. The monoisotopic (exact) mass is 449 g/mol. The number of anilines is 1. The molecule has 0 fully saturated rings. The van der Waals surface area contributed by atoms with Crippen molar-refractivity contribution in [2.24, 2.45) is 0 Å². The van der Waals surface area contributed by atoms with Crippen LogP contribution in [-0.2, 0) is 29.0 Å². The van der Waals surface area contributed by atoms with E-state index in [1.165, 1.54) is 24.3 Å². The first kappa shape index (κ1) is 22.4. The van der Waals surface area contributed by atoms with Crippen LogP contribution in [0.25, 0.3) is 0 Å². The van der Waals surface area contributed by atoms with Crippen molar-refractivity contribution < 1.29 is 31.5 Å². The molecule has 0 unspecified atom stereocenters. The number of benzene rings is 3. The molecule has 5 nitrogen and oxygen atoms in total. The summed E-state index contributed by atoms with van der Waals surface area (Å²) in [6, 6.07) is 16.8. The Bertz CT molecular complexity index is 1190. The van der Waals surface area contributed by atoms with Gasteiger partial charge in [-0.15, -0.1) is 0 Å². The van der Waals surface area contributed by atoms with Crippen molar-refractivity contribution in [2.75, 3.05) is 4.72 Å². The molecule has 0 saturated carbocycles. The van der Waals surface area contributed by atoms with Crippen molar-refractivity contribution in [3.8, 4) is 0 Å². The molecule has 0 amide bonds. The molecule has 0 radical (unpaired) electrons. The molecule has 0 atom stereocenters.